The predicted octanol–water partition coefficient (Wildman–Crippen LogP) is 3.03. The van der Waals surface area contributed by atoms with E-state index in [1.807, 2.05) is 5.38 Å². The van der Waals surface area contributed by atoms with Gasteiger partial charge in [0, 0.05) is 37.2 Å². The fourth-order valence-corrected chi connectivity index (χ4v) is 3.32. The Balaban J connectivity index is 2.09. The minimum Gasteiger partial charge on any atom is -0.341 e. The maximum Gasteiger partial charge on any atom is 0.516 e. The Labute approximate surface area is 152 Å². The van der Waals surface area contributed by atoms with Gasteiger partial charge in [0.05, 0.1) is 10.7 Å². The van der Waals surface area contributed by atoms with Crippen molar-refractivity contribution in [2.45, 2.75) is 18.9 Å². The lowest BCUT2D eigenvalue weighted by Crippen LogP contribution is -2.30. The van der Waals surface area contributed by atoms with Gasteiger partial charge in [-0.25, -0.2) is 4.98 Å². The second-order valence-corrected chi connectivity index (χ2v) is 8.14. The number of carbonyl (C=O) groups is 1. The largest absolute Gasteiger partial charge is 0.516 e. The molecule has 0 spiro atoms. The molecule has 1 amide bonds. The minimum absolute atomic E-state index is 0.206. The standard InChI is InChI=1S/C15H16F3N3O3S2/c1-10-9-11(3-4-12(10)20-26(23,24)15(16,17)18)14(22)21(2)7-5-13-19-6-8-25-13/h3-4,6,8-9,20H,5,7H2,1-2H3. The number of nitrogens with one attached hydrogen (secondary N) is 1. The second kappa shape index (κ2) is 7.62. The summed E-state index contributed by atoms with van der Waals surface area (Å²) < 4.78 is 61.2. The SMILES string of the molecule is Cc1cc(C(=O)N(C)CCc2nccs2)ccc1NS(=O)(=O)C(F)(F)F. The fraction of sp³-hybridized carbons (Fsp3) is 0.333. The molecule has 26 heavy (non-hydrogen) atoms. The summed E-state index contributed by atoms with van der Waals surface area (Å²) in [5.41, 5.74) is -5.19. The van der Waals surface area contributed by atoms with E-state index in [4.69, 9.17) is 0 Å². The number of alkyl halides is 3. The van der Waals surface area contributed by atoms with Gasteiger partial charge in [0.1, 0.15) is 0 Å². The smallest absolute Gasteiger partial charge is 0.341 e. The van der Waals surface area contributed by atoms with Gasteiger partial charge in [-0.15, -0.1) is 11.3 Å². The number of thiazole rings is 1. The van der Waals surface area contributed by atoms with E-state index in [-0.39, 0.29) is 22.7 Å². The van der Waals surface area contributed by atoms with E-state index in [2.05, 4.69) is 4.98 Å². The molecule has 0 saturated heterocycles. The quantitative estimate of drug-likeness (QED) is 0.798. The van der Waals surface area contributed by atoms with Gasteiger partial charge in [-0.1, -0.05) is 0 Å². The molecule has 1 aromatic heterocycles. The van der Waals surface area contributed by atoms with Crippen LogP contribution in [0.2, 0.25) is 0 Å². The Hall–Kier alpha value is -2.14. The van der Waals surface area contributed by atoms with E-state index >= 15 is 0 Å². The average molecular weight is 407 g/mol. The highest BCUT2D eigenvalue weighted by molar-refractivity contribution is 7.93. The Morgan fingerprint density at radius 2 is 2.04 bits per heavy atom. The van der Waals surface area contributed by atoms with Crippen molar-refractivity contribution in [2.24, 2.45) is 0 Å². The summed E-state index contributed by atoms with van der Waals surface area (Å²) in [6.45, 7) is 1.84. The molecule has 0 saturated carbocycles. The lowest BCUT2D eigenvalue weighted by atomic mass is 10.1. The van der Waals surface area contributed by atoms with E-state index in [0.717, 1.165) is 11.1 Å². The molecule has 2 aromatic rings. The molecular weight excluding hydrogens is 391 g/mol. The van der Waals surface area contributed by atoms with Crippen LogP contribution in [0.5, 0.6) is 0 Å². The molecular formula is C15H16F3N3O3S2. The number of aromatic nitrogens is 1. The molecule has 0 aliphatic rings. The molecule has 0 radical (unpaired) electrons. The zero-order chi connectivity index (χ0) is 19.5. The molecule has 0 aliphatic heterocycles. The molecule has 1 aromatic carbocycles. The van der Waals surface area contributed by atoms with Crippen LogP contribution in [0.4, 0.5) is 18.9 Å². The molecule has 142 valence electrons. The van der Waals surface area contributed by atoms with Crippen molar-refractivity contribution in [3.05, 3.63) is 45.9 Å². The van der Waals surface area contributed by atoms with Crippen LogP contribution in [0.25, 0.3) is 0 Å². The summed E-state index contributed by atoms with van der Waals surface area (Å²) in [6, 6.07) is 3.76. The molecule has 0 unspecified atom stereocenters. The van der Waals surface area contributed by atoms with Crippen molar-refractivity contribution in [3.63, 3.8) is 0 Å². The van der Waals surface area contributed by atoms with Gasteiger partial charge in [-0.2, -0.15) is 21.6 Å². The highest BCUT2D eigenvalue weighted by Gasteiger charge is 2.46. The van der Waals surface area contributed by atoms with Crippen molar-refractivity contribution in [1.82, 2.24) is 9.88 Å². The molecule has 1 N–H and O–H groups in total. The summed E-state index contributed by atoms with van der Waals surface area (Å²) >= 11 is 1.48. The minimum atomic E-state index is -5.51. The maximum absolute atomic E-state index is 12.4. The lowest BCUT2D eigenvalue weighted by molar-refractivity contribution is -0.0429. The second-order valence-electron chi connectivity index (χ2n) is 5.48. The number of sulfonamides is 1. The van der Waals surface area contributed by atoms with Gasteiger partial charge in [-0.3, -0.25) is 9.52 Å². The van der Waals surface area contributed by atoms with E-state index in [1.54, 1.807) is 13.2 Å². The van der Waals surface area contributed by atoms with Crippen LogP contribution < -0.4 is 4.72 Å². The number of likely N-dealkylation sites (N-methyl/N-ethyl adjacent to an activating group) is 1. The molecule has 0 fully saturated rings. The molecule has 2 rings (SSSR count). The van der Waals surface area contributed by atoms with Gasteiger partial charge >= 0.3 is 15.5 Å². The first kappa shape index (κ1) is 20.2. The maximum atomic E-state index is 12.4. The number of rotatable bonds is 6. The number of carbonyl (C=O) groups excluding carboxylic acids is 1. The number of benzene rings is 1. The monoisotopic (exact) mass is 407 g/mol. The van der Waals surface area contributed by atoms with Crippen LogP contribution in [0.15, 0.2) is 29.8 Å². The molecule has 11 heteroatoms. The number of aryl methyl sites for hydroxylation is 1. The number of anilines is 1. The van der Waals surface area contributed by atoms with Crippen molar-refractivity contribution in [2.75, 3.05) is 18.3 Å². The molecule has 0 aliphatic carbocycles. The first-order valence-electron chi connectivity index (χ1n) is 7.35. The van der Waals surface area contributed by atoms with Crippen LogP contribution >= 0.6 is 11.3 Å². The third-order valence-corrected chi connectivity index (χ3v) is 5.45. The predicted molar refractivity (Wildman–Crippen MR) is 92.6 cm³/mol. The highest BCUT2D eigenvalue weighted by atomic mass is 32.2. The van der Waals surface area contributed by atoms with Gasteiger partial charge < -0.3 is 4.90 Å². The van der Waals surface area contributed by atoms with Crippen molar-refractivity contribution in [1.29, 1.82) is 0 Å². The van der Waals surface area contributed by atoms with Crippen LogP contribution in [-0.4, -0.2) is 43.3 Å². The van der Waals surface area contributed by atoms with Crippen LogP contribution in [0.3, 0.4) is 0 Å². The summed E-state index contributed by atoms with van der Waals surface area (Å²) in [6.07, 6.45) is 2.26. The van der Waals surface area contributed by atoms with Gasteiger partial charge in [0.2, 0.25) is 0 Å². The lowest BCUT2D eigenvalue weighted by Gasteiger charge is -2.18. The Morgan fingerprint density at radius 1 is 1.35 bits per heavy atom. The summed E-state index contributed by atoms with van der Waals surface area (Å²) in [5.74, 6) is -0.324. The van der Waals surface area contributed by atoms with Crippen molar-refractivity contribution < 1.29 is 26.4 Å². The molecule has 0 bridgehead atoms. The van der Waals surface area contributed by atoms with E-state index in [9.17, 15) is 26.4 Å². The number of hydrogen-bond acceptors (Lipinski definition) is 5. The third kappa shape index (κ3) is 4.73. The van der Waals surface area contributed by atoms with E-state index in [1.165, 1.54) is 40.0 Å². The summed E-state index contributed by atoms with van der Waals surface area (Å²) in [5, 5.41) is 2.72. The van der Waals surface area contributed by atoms with Crippen LogP contribution in [0.1, 0.15) is 20.9 Å². The van der Waals surface area contributed by atoms with Crippen LogP contribution in [-0.2, 0) is 16.4 Å². The van der Waals surface area contributed by atoms with E-state index in [0.29, 0.717) is 13.0 Å². The number of nitrogens with zero attached hydrogens (tertiary/aromatic N) is 2. The summed E-state index contributed by atoms with van der Waals surface area (Å²) in [7, 11) is -3.90. The number of hydrogen-bond donors (Lipinski definition) is 1. The Kier molecular flexibility index (Phi) is 5.91. The van der Waals surface area contributed by atoms with Gasteiger partial charge in [0.25, 0.3) is 5.91 Å². The number of halogens is 3. The van der Waals surface area contributed by atoms with Gasteiger partial charge in [0.15, 0.2) is 0 Å². The van der Waals surface area contributed by atoms with Gasteiger partial charge in [-0.05, 0) is 30.7 Å². The molecule has 0 atom stereocenters. The Bertz CT molecular complexity index is 881. The average Bonchev–Trinajstić information content (AvgIpc) is 3.06. The molecule has 1 heterocycles. The highest BCUT2D eigenvalue weighted by Crippen LogP contribution is 2.27. The third-order valence-electron chi connectivity index (χ3n) is 3.51. The first-order chi connectivity index (χ1) is 12.0. The summed E-state index contributed by atoms with van der Waals surface area (Å²) in [4.78, 5) is 18.0. The number of amides is 1. The Morgan fingerprint density at radius 3 is 2.58 bits per heavy atom. The first-order valence-corrected chi connectivity index (χ1v) is 9.71. The fourth-order valence-electron chi connectivity index (χ4n) is 2.08. The zero-order valence-corrected chi connectivity index (χ0v) is 15.5. The van der Waals surface area contributed by atoms with Crippen molar-refractivity contribution in [3.8, 4) is 0 Å². The van der Waals surface area contributed by atoms with E-state index < -0.39 is 15.5 Å². The van der Waals surface area contributed by atoms with Crippen molar-refractivity contribution >= 4 is 33.0 Å². The zero-order valence-electron chi connectivity index (χ0n) is 13.9. The molecule has 6 nitrogen and oxygen atoms in total. The van der Waals surface area contributed by atoms with Crippen LogP contribution in [0, 0.1) is 6.92 Å². The normalized spacial score (nSPS) is 12.0. The topological polar surface area (TPSA) is 79.4 Å².